The van der Waals surface area contributed by atoms with E-state index in [0.717, 1.165) is 4.90 Å². The molecular weight excluding hydrogens is 288 g/mol. The summed E-state index contributed by atoms with van der Waals surface area (Å²) in [6.45, 7) is 5.42. The number of carbonyl (C=O) groups is 3. The van der Waals surface area contributed by atoms with E-state index in [-0.39, 0.29) is 11.2 Å². The van der Waals surface area contributed by atoms with Crippen LogP contribution in [0.15, 0.2) is 12.7 Å². The topological polar surface area (TPSA) is 66.5 Å². The van der Waals surface area contributed by atoms with E-state index in [1.54, 1.807) is 0 Å². The summed E-state index contributed by atoms with van der Waals surface area (Å²) in [4.78, 5) is 36.4. The quantitative estimate of drug-likeness (QED) is 0.485. The Hall–Kier alpha value is -1.17. The van der Waals surface area contributed by atoms with Crippen LogP contribution in [-0.2, 0) is 9.59 Å². The van der Waals surface area contributed by atoms with E-state index >= 15 is 0 Å². The minimum absolute atomic E-state index is 0.0150. The van der Waals surface area contributed by atoms with Gasteiger partial charge in [0, 0.05) is 11.9 Å². The predicted octanol–water partition coefficient (Wildman–Crippen LogP) is 1.43. The number of barbiturate groups is 1. The van der Waals surface area contributed by atoms with E-state index < -0.39 is 23.3 Å². The summed E-state index contributed by atoms with van der Waals surface area (Å²) in [6.07, 6.45) is 2.06. The lowest BCUT2D eigenvalue weighted by Crippen LogP contribution is -2.63. The minimum Gasteiger partial charge on any atom is -0.277 e. The first-order valence-electron chi connectivity index (χ1n) is 5.23. The number of urea groups is 1. The molecular formula is C11H15BrN2O3. The maximum absolute atomic E-state index is 12.2. The number of alkyl halides is 1. The van der Waals surface area contributed by atoms with Crippen LogP contribution in [0.25, 0.3) is 0 Å². The maximum atomic E-state index is 12.2. The zero-order valence-electron chi connectivity index (χ0n) is 9.83. The molecule has 0 bridgehead atoms. The van der Waals surface area contributed by atoms with Crippen molar-refractivity contribution < 1.29 is 14.4 Å². The Kier molecular flexibility index (Phi) is 4.08. The van der Waals surface area contributed by atoms with Crippen molar-refractivity contribution in [1.82, 2.24) is 10.2 Å². The first-order valence-corrected chi connectivity index (χ1v) is 6.15. The van der Waals surface area contributed by atoms with Crippen LogP contribution in [0.5, 0.6) is 0 Å². The molecule has 0 aromatic heterocycles. The molecule has 1 fully saturated rings. The summed E-state index contributed by atoms with van der Waals surface area (Å²) < 4.78 is 0. The van der Waals surface area contributed by atoms with Gasteiger partial charge in [-0.25, -0.2) is 4.79 Å². The lowest BCUT2D eigenvalue weighted by Gasteiger charge is -2.37. The Morgan fingerprint density at radius 3 is 2.59 bits per heavy atom. The molecule has 1 N–H and O–H groups in total. The Balaban J connectivity index is 3.16. The fourth-order valence-corrected chi connectivity index (χ4v) is 2.53. The van der Waals surface area contributed by atoms with E-state index in [1.165, 1.54) is 13.1 Å². The van der Waals surface area contributed by atoms with Crippen molar-refractivity contribution in [3.63, 3.8) is 0 Å². The highest BCUT2D eigenvalue weighted by molar-refractivity contribution is 9.09. The van der Waals surface area contributed by atoms with E-state index in [9.17, 15) is 14.4 Å². The monoisotopic (exact) mass is 302 g/mol. The average Bonchev–Trinajstić information content (AvgIpc) is 2.23. The fourth-order valence-electron chi connectivity index (χ4n) is 1.98. The smallest absolute Gasteiger partial charge is 0.277 e. The maximum Gasteiger partial charge on any atom is 0.330 e. The lowest BCUT2D eigenvalue weighted by atomic mass is 9.76. The Morgan fingerprint density at radius 1 is 1.53 bits per heavy atom. The van der Waals surface area contributed by atoms with Gasteiger partial charge in [0.15, 0.2) is 0 Å². The molecule has 0 saturated carbocycles. The molecule has 0 spiro atoms. The molecule has 17 heavy (non-hydrogen) atoms. The van der Waals surface area contributed by atoms with Crippen LogP contribution in [0, 0.1) is 5.41 Å². The Labute approximate surface area is 108 Å². The molecule has 2 unspecified atom stereocenters. The number of allylic oxidation sites excluding steroid dienone is 1. The SMILES string of the molecule is C=CCC1(CC(C)Br)C(=O)NC(=O)N(C)C1=O. The molecule has 1 aliphatic rings. The summed E-state index contributed by atoms with van der Waals surface area (Å²) in [7, 11) is 1.36. The van der Waals surface area contributed by atoms with Gasteiger partial charge in [0.1, 0.15) is 5.41 Å². The van der Waals surface area contributed by atoms with Gasteiger partial charge in [-0.3, -0.25) is 19.8 Å². The van der Waals surface area contributed by atoms with Crippen LogP contribution < -0.4 is 5.32 Å². The van der Waals surface area contributed by atoms with Crippen LogP contribution in [0.4, 0.5) is 4.79 Å². The van der Waals surface area contributed by atoms with Gasteiger partial charge in [0.25, 0.3) is 0 Å². The van der Waals surface area contributed by atoms with Gasteiger partial charge >= 0.3 is 6.03 Å². The summed E-state index contributed by atoms with van der Waals surface area (Å²) in [5.74, 6) is -1.02. The fraction of sp³-hybridized carbons (Fsp3) is 0.545. The Morgan fingerprint density at radius 2 is 2.12 bits per heavy atom. The zero-order valence-corrected chi connectivity index (χ0v) is 11.4. The summed E-state index contributed by atoms with van der Waals surface area (Å²) in [5.41, 5.74) is -1.23. The summed E-state index contributed by atoms with van der Waals surface area (Å²) in [5, 5.41) is 2.20. The summed E-state index contributed by atoms with van der Waals surface area (Å²) >= 11 is 3.34. The first-order chi connectivity index (χ1) is 7.85. The lowest BCUT2D eigenvalue weighted by molar-refractivity contribution is -0.150. The normalized spacial score (nSPS) is 26.8. The molecule has 1 saturated heterocycles. The van der Waals surface area contributed by atoms with Gasteiger partial charge in [0.2, 0.25) is 11.8 Å². The molecule has 0 radical (unpaired) electrons. The number of amides is 4. The van der Waals surface area contributed by atoms with Gasteiger partial charge in [-0.2, -0.15) is 0 Å². The third-order valence-electron chi connectivity index (χ3n) is 2.80. The molecule has 5 nitrogen and oxygen atoms in total. The molecule has 4 amide bonds. The van der Waals surface area contributed by atoms with Crippen molar-refractivity contribution in [2.24, 2.45) is 5.41 Å². The molecule has 1 heterocycles. The second-order valence-electron chi connectivity index (χ2n) is 4.18. The standard InChI is InChI=1S/C11H15BrN2O3/c1-4-5-11(6-7(2)12)8(15)13-10(17)14(3)9(11)16/h4,7H,1,5-6H2,2-3H3,(H,13,15,17). The van der Waals surface area contributed by atoms with Crippen LogP contribution in [0.3, 0.4) is 0 Å². The van der Waals surface area contributed by atoms with Crippen LogP contribution in [-0.4, -0.2) is 34.6 Å². The number of imide groups is 2. The third kappa shape index (κ3) is 2.41. The highest BCUT2D eigenvalue weighted by Gasteiger charge is 2.52. The number of hydrogen-bond acceptors (Lipinski definition) is 3. The van der Waals surface area contributed by atoms with Crippen LogP contribution in [0.1, 0.15) is 19.8 Å². The number of rotatable bonds is 4. The minimum atomic E-state index is -1.23. The molecule has 94 valence electrons. The molecule has 0 aliphatic carbocycles. The molecule has 6 heteroatoms. The van der Waals surface area contributed by atoms with E-state index in [4.69, 9.17) is 0 Å². The van der Waals surface area contributed by atoms with Crippen LogP contribution in [0.2, 0.25) is 0 Å². The molecule has 2 atom stereocenters. The van der Waals surface area contributed by atoms with Gasteiger partial charge in [0.05, 0.1) is 0 Å². The average molecular weight is 303 g/mol. The van der Waals surface area contributed by atoms with Crippen molar-refractivity contribution in [3.8, 4) is 0 Å². The van der Waals surface area contributed by atoms with E-state index in [0.29, 0.717) is 6.42 Å². The van der Waals surface area contributed by atoms with Gasteiger partial charge in [-0.05, 0) is 12.8 Å². The molecule has 1 rings (SSSR count). The number of carbonyl (C=O) groups excluding carboxylic acids is 3. The number of nitrogens with zero attached hydrogens (tertiary/aromatic N) is 1. The predicted molar refractivity (Wildman–Crippen MR) is 66.6 cm³/mol. The van der Waals surface area contributed by atoms with E-state index in [1.807, 2.05) is 6.92 Å². The van der Waals surface area contributed by atoms with Gasteiger partial charge < -0.3 is 0 Å². The zero-order chi connectivity index (χ0) is 13.2. The van der Waals surface area contributed by atoms with E-state index in [2.05, 4.69) is 27.8 Å². The van der Waals surface area contributed by atoms with Gasteiger partial charge in [-0.1, -0.05) is 28.9 Å². The largest absolute Gasteiger partial charge is 0.330 e. The number of hydrogen-bond donors (Lipinski definition) is 1. The molecule has 0 aromatic carbocycles. The second kappa shape index (κ2) is 5.00. The van der Waals surface area contributed by atoms with Gasteiger partial charge in [-0.15, -0.1) is 6.58 Å². The molecule has 0 aromatic rings. The van der Waals surface area contributed by atoms with Crippen molar-refractivity contribution in [1.29, 1.82) is 0 Å². The molecule has 1 aliphatic heterocycles. The van der Waals surface area contributed by atoms with Crippen molar-refractivity contribution in [2.75, 3.05) is 7.05 Å². The number of nitrogens with one attached hydrogen (secondary N) is 1. The number of halogens is 1. The van der Waals surface area contributed by atoms with Crippen LogP contribution >= 0.6 is 15.9 Å². The highest BCUT2D eigenvalue weighted by Crippen LogP contribution is 2.35. The third-order valence-corrected chi connectivity index (χ3v) is 3.12. The Bertz CT molecular complexity index is 381. The van der Waals surface area contributed by atoms with Crippen molar-refractivity contribution in [2.45, 2.75) is 24.6 Å². The first kappa shape index (κ1) is 13.9. The second-order valence-corrected chi connectivity index (χ2v) is 5.75. The van der Waals surface area contributed by atoms with Crippen molar-refractivity contribution in [3.05, 3.63) is 12.7 Å². The highest BCUT2D eigenvalue weighted by atomic mass is 79.9. The summed E-state index contributed by atoms with van der Waals surface area (Å²) in [6, 6.07) is -0.679. The van der Waals surface area contributed by atoms with Crippen molar-refractivity contribution >= 4 is 33.8 Å².